The number of anilines is 2. The predicted molar refractivity (Wildman–Crippen MR) is 93.1 cm³/mol. The summed E-state index contributed by atoms with van der Waals surface area (Å²) in [5.41, 5.74) is 1.45. The number of oxazole rings is 1. The van der Waals surface area contributed by atoms with E-state index in [1.165, 1.54) is 18.3 Å². The summed E-state index contributed by atoms with van der Waals surface area (Å²) in [7, 11) is -3.63. The highest BCUT2D eigenvalue weighted by molar-refractivity contribution is 7.88. The van der Waals surface area contributed by atoms with Gasteiger partial charge in [0.05, 0.1) is 17.5 Å². The van der Waals surface area contributed by atoms with Crippen LogP contribution >= 0.6 is 0 Å². The summed E-state index contributed by atoms with van der Waals surface area (Å²) in [4.78, 5) is 4.06. The normalized spacial score (nSPS) is 11.1. The number of hydrogen-bond donors (Lipinski definition) is 2. The molecule has 3 rings (SSSR count). The minimum absolute atomic E-state index is 0.0571. The molecule has 3 aromatic rings. The Bertz CT molecular complexity index is 1100. The number of sulfonamides is 1. The maximum absolute atomic E-state index is 13.7. The standard InChI is InChI=1S/C17H13FN4O3S/c18-15-7-12(4-5-13(15)8-19)16-9-21-17(25-16)22-14-3-1-2-11(6-14)10-26(20,23)24/h1-7,9H,10H2,(H,21,22)(H2,20,23,24). The average Bonchev–Trinajstić information content (AvgIpc) is 3.02. The van der Waals surface area contributed by atoms with Crippen LogP contribution in [0, 0.1) is 17.1 Å². The van der Waals surface area contributed by atoms with E-state index >= 15 is 0 Å². The third-order valence-electron chi connectivity index (χ3n) is 3.43. The van der Waals surface area contributed by atoms with Gasteiger partial charge in [-0.1, -0.05) is 12.1 Å². The van der Waals surface area contributed by atoms with Crippen molar-refractivity contribution < 1.29 is 17.2 Å². The maximum Gasteiger partial charge on any atom is 0.299 e. The van der Waals surface area contributed by atoms with E-state index in [1.807, 2.05) is 0 Å². The van der Waals surface area contributed by atoms with Gasteiger partial charge in [-0.3, -0.25) is 0 Å². The zero-order chi connectivity index (χ0) is 18.7. The summed E-state index contributed by atoms with van der Waals surface area (Å²) in [6, 6.07) is 12.6. The Labute approximate surface area is 148 Å². The van der Waals surface area contributed by atoms with Gasteiger partial charge in [0, 0.05) is 11.3 Å². The number of nitrogens with one attached hydrogen (secondary N) is 1. The summed E-state index contributed by atoms with van der Waals surface area (Å²) in [6.07, 6.45) is 1.41. The molecule has 1 aromatic heterocycles. The van der Waals surface area contributed by atoms with E-state index in [2.05, 4.69) is 10.3 Å². The fraction of sp³-hybridized carbons (Fsp3) is 0.0588. The lowest BCUT2D eigenvalue weighted by molar-refractivity contribution is 0.589. The van der Waals surface area contributed by atoms with E-state index < -0.39 is 15.8 Å². The van der Waals surface area contributed by atoms with E-state index in [1.54, 1.807) is 36.4 Å². The van der Waals surface area contributed by atoms with Crippen molar-refractivity contribution in [3.8, 4) is 17.4 Å². The van der Waals surface area contributed by atoms with Crippen LogP contribution in [0.3, 0.4) is 0 Å². The number of halogens is 1. The molecular weight excluding hydrogens is 359 g/mol. The van der Waals surface area contributed by atoms with Gasteiger partial charge in [-0.2, -0.15) is 5.26 Å². The molecule has 0 amide bonds. The lowest BCUT2D eigenvalue weighted by Crippen LogP contribution is -2.14. The fourth-order valence-corrected chi connectivity index (χ4v) is 2.96. The van der Waals surface area contributed by atoms with Crippen molar-refractivity contribution in [2.24, 2.45) is 5.14 Å². The summed E-state index contributed by atoms with van der Waals surface area (Å²) < 4.78 is 41.6. The van der Waals surface area contributed by atoms with E-state index in [0.717, 1.165) is 0 Å². The molecule has 0 saturated heterocycles. The van der Waals surface area contributed by atoms with Gasteiger partial charge in [-0.25, -0.2) is 22.9 Å². The van der Waals surface area contributed by atoms with Crippen molar-refractivity contribution >= 4 is 21.7 Å². The molecule has 9 heteroatoms. The molecular formula is C17H13FN4O3S. The molecule has 0 aliphatic carbocycles. The minimum atomic E-state index is -3.63. The van der Waals surface area contributed by atoms with Crippen LogP contribution in [-0.2, 0) is 15.8 Å². The van der Waals surface area contributed by atoms with E-state index in [4.69, 9.17) is 14.8 Å². The summed E-state index contributed by atoms with van der Waals surface area (Å²) in [5, 5.41) is 16.7. The van der Waals surface area contributed by atoms with Crippen molar-refractivity contribution in [3.05, 3.63) is 65.6 Å². The second kappa shape index (κ2) is 6.95. The number of aromatic nitrogens is 1. The molecule has 132 valence electrons. The van der Waals surface area contributed by atoms with Crippen LogP contribution in [0.1, 0.15) is 11.1 Å². The smallest absolute Gasteiger partial charge is 0.299 e. The number of nitrogens with zero attached hydrogens (tertiary/aromatic N) is 2. The monoisotopic (exact) mass is 372 g/mol. The van der Waals surface area contributed by atoms with Crippen molar-refractivity contribution in [3.63, 3.8) is 0 Å². The van der Waals surface area contributed by atoms with Gasteiger partial charge >= 0.3 is 0 Å². The minimum Gasteiger partial charge on any atom is -0.423 e. The number of primary sulfonamides is 1. The third kappa shape index (κ3) is 4.24. The number of benzene rings is 2. The molecule has 0 unspecified atom stereocenters. The van der Waals surface area contributed by atoms with Crippen LogP contribution in [0.2, 0.25) is 0 Å². The van der Waals surface area contributed by atoms with Gasteiger partial charge in [0.25, 0.3) is 6.01 Å². The zero-order valence-electron chi connectivity index (χ0n) is 13.3. The Morgan fingerprint density at radius 3 is 2.77 bits per heavy atom. The summed E-state index contributed by atoms with van der Waals surface area (Å²) in [6.45, 7) is 0. The van der Waals surface area contributed by atoms with Crippen LogP contribution in [0.15, 0.2) is 53.1 Å². The van der Waals surface area contributed by atoms with Gasteiger partial charge in [-0.05, 0) is 35.9 Å². The topological polar surface area (TPSA) is 122 Å². The first kappa shape index (κ1) is 17.6. The SMILES string of the molecule is N#Cc1ccc(-c2cnc(Nc3cccc(CS(N)(=O)=O)c3)o2)cc1F. The van der Waals surface area contributed by atoms with E-state index in [0.29, 0.717) is 22.6 Å². The Balaban J connectivity index is 1.80. The Morgan fingerprint density at radius 2 is 2.08 bits per heavy atom. The van der Waals surface area contributed by atoms with Gasteiger partial charge < -0.3 is 9.73 Å². The predicted octanol–water partition coefficient (Wildman–Crippen LogP) is 2.88. The van der Waals surface area contributed by atoms with E-state index in [9.17, 15) is 12.8 Å². The number of hydrogen-bond acceptors (Lipinski definition) is 6. The lowest BCUT2D eigenvalue weighted by atomic mass is 10.1. The molecule has 0 aliphatic heterocycles. The van der Waals surface area contributed by atoms with Crippen molar-refractivity contribution in [2.45, 2.75) is 5.75 Å². The van der Waals surface area contributed by atoms with Crippen LogP contribution in [0.25, 0.3) is 11.3 Å². The first-order valence-corrected chi connectivity index (χ1v) is 9.08. The third-order valence-corrected chi connectivity index (χ3v) is 4.16. The summed E-state index contributed by atoms with van der Waals surface area (Å²) >= 11 is 0. The average molecular weight is 372 g/mol. The quantitative estimate of drug-likeness (QED) is 0.710. The molecule has 26 heavy (non-hydrogen) atoms. The second-order valence-corrected chi connectivity index (χ2v) is 7.08. The number of rotatable bonds is 5. The van der Waals surface area contributed by atoms with Crippen molar-refractivity contribution in [1.29, 1.82) is 5.26 Å². The van der Waals surface area contributed by atoms with Gasteiger partial charge in [-0.15, -0.1) is 0 Å². The van der Waals surface area contributed by atoms with Gasteiger partial charge in [0.15, 0.2) is 5.76 Å². The summed E-state index contributed by atoms with van der Waals surface area (Å²) in [5.74, 6) is -0.618. The largest absolute Gasteiger partial charge is 0.423 e. The zero-order valence-corrected chi connectivity index (χ0v) is 14.1. The van der Waals surface area contributed by atoms with Crippen LogP contribution in [0.4, 0.5) is 16.1 Å². The molecule has 1 heterocycles. The van der Waals surface area contributed by atoms with Crippen molar-refractivity contribution in [1.82, 2.24) is 4.98 Å². The maximum atomic E-state index is 13.7. The molecule has 0 aliphatic rings. The highest BCUT2D eigenvalue weighted by Crippen LogP contribution is 2.26. The number of nitriles is 1. The molecule has 2 aromatic carbocycles. The van der Waals surface area contributed by atoms with Crippen LogP contribution in [-0.4, -0.2) is 13.4 Å². The van der Waals surface area contributed by atoms with Gasteiger partial charge in [0.2, 0.25) is 10.0 Å². The van der Waals surface area contributed by atoms with Crippen LogP contribution < -0.4 is 10.5 Å². The molecule has 0 saturated carbocycles. The van der Waals surface area contributed by atoms with Crippen molar-refractivity contribution in [2.75, 3.05) is 5.32 Å². The highest BCUT2D eigenvalue weighted by atomic mass is 32.2. The highest BCUT2D eigenvalue weighted by Gasteiger charge is 2.11. The number of nitrogens with two attached hydrogens (primary N) is 1. The molecule has 0 bridgehead atoms. The van der Waals surface area contributed by atoms with Crippen LogP contribution in [0.5, 0.6) is 0 Å². The first-order valence-electron chi connectivity index (χ1n) is 7.36. The molecule has 0 radical (unpaired) electrons. The Kier molecular flexibility index (Phi) is 4.71. The lowest BCUT2D eigenvalue weighted by Gasteiger charge is -2.05. The molecule has 3 N–H and O–H groups in total. The molecule has 0 fully saturated rings. The fourth-order valence-electron chi connectivity index (χ4n) is 2.32. The Morgan fingerprint density at radius 1 is 1.27 bits per heavy atom. The Hall–Kier alpha value is -3.22. The van der Waals surface area contributed by atoms with E-state index in [-0.39, 0.29) is 17.3 Å². The molecule has 0 spiro atoms. The van der Waals surface area contributed by atoms with Gasteiger partial charge in [0.1, 0.15) is 11.9 Å². The first-order chi connectivity index (χ1) is 12.3. The molecule has 0 atom stereocenters. The molecule has 7 nitrogen and oxygen atoms in total. The second-order valence-electron chi connectivity index (χ2n) is 5.47.